The number of allylic oxidation sites excluding steroid dienone is 1. The third-order valence-corrected chi connectivity index (χ3v) is 7.96. The Morgan fingerprint density at radius 1 is 1.29 bits per heavy atom. The van der Waals surface area contributed by atoms with Gasteiger partial charge in [-0.25, -0.2) is 4.98 Å². The summed E-state index contributed by atoms with van der Waals surface area (Å²) in [6.45, 7) is 10.6. The molecule has 2 heterocycles. The molecule has 7 nitrogen and oxygen atoms in total. The van der Waals surface area contributed by atoms with Gasteiger partial charge in [0.1, 0.15) is 16.9 Å². The SMILES string of the molecule is CC1=CC[C@@H](C(C)=Cc2csc(CO)n2)OC(=O)C[C@H](O)C(C)(C)C(=O)[C@H](C)[C@@H](O)[C@@H](C)CCC1. The lowest BCUT2D eigenvalue weighted by Gasteiger charge is -2.34. The Morgan fingerprint density at radius 3 is 2.60 bits per heavy atom. The second-order valence-electron chi connectivity index (χ2n) is 10.4. The number of esters is 1. The highest BCUT2D eigenvalue weighted by Gasteiger charge is 2.42. The van der Waals surface area contributed by atoms with E-state index in [4.69, 9.17) is 4.74 Å². The molecule has 3 N–H and O–H groups in total. The van der Waals surface area contributed by atoms with Crippen LogP contribution in [0.15, 0.2) is 22.6 Å². The van der Waals surface area contributed by atoms with Crippen molar-refractivity contribution in [1.29, 1.82) is 0 Å². The number of carbonyl (C=O) groups excluding carboxylic acids is 2. The van der Waals surface area contributed by atoms with E-state index in [2.05, 4.69) is 11.1 Å². The lowest BCUT2D eigenvalue weighted by molar-refractivity contribution is -0.154. The van der Waals surface area contributed by atoms with Crippen molar-refractivity contribution < 1.29 is 29.6 Å². The zero-order chi connectivity index (χ0) is 26.3. The summed E-state index contributed by atoms with van der Waals surface area (Å²) in [6, 6.07) is 0. The summed E-state index contributed by atoms with van der Waals surface area (Å²) in [5.41, 5.74) is 1.44. The first-order chi connectivity index (χ1) is 16.4. The van der Waals surface area contributed by atoms with Crippen molar-refractivity contribution in [2.45, 2.75) is 98.6 Å². The fraction of sp³-hybridized carbons (Fsp3) is 0.667. The molecule has 1 aliphatic rings. The smallest absolute Gasteiger partial charge is 0.309 e. The topological polar surface area (TPSA) is 117 Å². The molecule has 0 fully saturated rings. The van der Waals surface area contributed by atoms with E-state index in [1.807, 2.05) is 32.2 Å². The van der Waals surface area contributed by atoms with Gasteiger partial charge in [-0.15, -0.1) is 11.3 Å². The molecule has 0 saturated carbocycles. The Bertz CT molecular complexity index is 934. The third-order valence-electron chi connectivity index (χ3n) is 7.11. The Balaban J connectivity index is 2.33. The minimum absolute atomic E-state index is 0.0626. The molecule has 0 unspecified atom stereocenters. The molecule has 1 aromatic rings. The molecule has 1 aromatic heterocycles. The highest BCUT2D eigenvalue weighted by molar-refractivity contribution is 7.09. The first kappa shape index (κ1) is 29.4. The highest BCUT2D eigenvalue weighted by atomic mass is 32.1. The standard InChI is InChI=1S/C27H41NO6S/c1-16-8-7-9-17(2)25(32)19(4)26(33)27(5,6)22(30)13-24(31)34-21(11-10-16)18(3)12-20-15-35-23(14-29)28-20/h10,12,15,17,19,21-22,25,29-30,32H,7-9,11,13-14H2,1-6H3/t17-,19+,21-,22-,25-/m0/s1. The van der Waals surface area contributed by atoms with Crippen LogP contribution >= 0.6 is 11.3 Å². The number of aliphatic hydroxyl groups is 3. The number of hydrogen-bond donors (Lipinski definition) is 3. The van der Waals surface area contributed by atoms with Gasteiger partial charge in [0.25, 0.3) is 0 Å². The van der Waals surface area contributed by atoms with Crippen molar-refractivity contribution in [3.8, 4) is 0 Å². The van der Waals surface area contributed by atoms with Crippen LogP contribution in [0.2, 0.25) is 0 Å². The van der Waals surface area contributed by atoms with Crippen LogP contribution in [-0.2, 0) is 20.9 Å². The van der Waals surface area contributed by atoms with E-state index in [-0.39, 0.29) is 24.7 Å². The fourth-order valence-corrected chi connectivity index (χ4v) is 5.03. The van der Waals surface area contributed by atoms with Crippen molar-refractivity contribution >= 4 is 29.2 Å². The maximum atomic E-state index is 13.2. The van der Waals surface area contributed by atoms with Crippen LogP contribution in [0.25, 0.3) is 6.08 Å². The van der Waals surface area contributed by atoms with Crippen LogP contribution in [0.5, 0.6) is 0 Å². The summed E-state index contributed by atoms with van der Waals surface area (Å²) < 4.78 is 5.78. The van der Waals surface area contributed by atoms with Crippen molar-refractivity contribution in [3.05, 3.63) is 33.3 Å². The number of ketones is 1. The van der Waals surface area contributed by atoms with Crippen LogP contribution in [-0.4, -0.2) is 50.4 Å². The zero-order valence-corrected chi connectivity index (χ0v) is 22.6. The number of rotatable bonds is 3. The van der Waals surface area contributed by atoms with Crippen molar-refractivity contribution in [2.75, 3.05) is 0 Å². The molecular weight excluding hydrogens is 466 g/mol. The van der Waals surface area contributed by atoms with Crippen molar-refractivity contribution in [3.63, 3.8) is 0 Å². The highest BCUT2D eigenvalue weighted by Crippen LogP contribution is 2.32. The second kappa shape index (κ2) is 12.9. The quantitative estimate of drug-likeness (QED) is 0.409. The molecule has 0 saturated heterocycles. The lowest BCUT2D eigenvalue weighted by atomic mass is 9.73. The average Bonchev–Trinajstić information content (AvgIpc) is 3.26. The van der Waals surface area contributed by atoms with Gasteiger partial charge in [0.05, 0.1) is 36.3 Å². The fourth-order valence-electron chi connectivity index (χ4n) is 4.42. The molecule has 1 aliphatic heterocycles. The largest absolute Gasteiger partial charge is 0.457 e. The first-order valence-electron chi connectivity index (χ1n) is 12.4. The van der Waals surface area contributed by atoms with Gasteiger partial charge < -0.3 is 20.1 Å². The predicted molar refractivity (Wildman–Crippen MR) is 138 cm³/mol. The summed E-state index contributed by atoms with van der Waals surface area (Å²) >= 11 is 1.36. The molecule has 35 heavy (non-hydrogen) atoms. The van der Waals surface area contributed by atoms with E-state index >= 15 is 0 Å². The Morgan fingerprint density at radius 2 is 1.97 bits per heavy atom. The third kappa shape index (κ3) is 8.07. The summed E-state index contributed by atoms with van der Waals surface area (Å²) in [6.07, 6.45) is 3.95. The van der Waals surface area contributed by atoms with Gasteiger partial charge in [0.2, 0.25) is 0 Å². The molecule has 0 bridgehead atoms. The van der Waals surface area contributed by atoms with Gasteiger partial charge in [-0.05, 0) is 50.7 Å². The van der Waals surface area contributed by atoms with Crippen LogP contribution in [0, 0.1) is 17.3 Å². The van der Waals surface area contributed by atoms with E-state index in [0.29, 0.717) is 17.1 Å². The summed E-state index contributed by atoms with van der Waals surface area (Å²) in [5.74, 6) is -1.58. The Kier molecular flexibility index (Phi) is 10.8. The minimum atomic E-state index is -1.24. The predicted octanol–water partition coefficient (Wildman–Crippen LogP) is 4.45. The van der Waals surface area contributed by atoms with Crippen molar-refractivity contribution in [1.82, 2.24) is 4.98 Å². The Labute approximate surface area is 212 Å². The number of Topliss-reactive ketones (excluding diaryl/α,β-unsaturated/α-hetero) is 1. The number of hydrogen-bond acceptors (Lipinski definition) is 8. The number of aliphatic hydroxyl groups excluding tert-OH is 3. The van der Waals surface area contributed by atoms with Crippen LogP contribution < -0.4 is 0 Å². The lowest BCUT2D eigenvalue weighted by Crippen LogP contribution is -2.45. The minimum Gasteiger partial charge on any atom is -0.457 e. The maximum absolute atomic E-state index is 13.2. The molecule has 0 amide bonds. The van der Waals surface area contributed by atoms with Crippen molar-refractivity contribution in [2.24, 2.45) is 17.3 Å². The molecule has 196 valence electrons. The van der Waals surface area contributed by atoms with Gasteiger partial charge >= 0.3 is 5.97 Å². The maximum Gasteiger partial charge on any atom is 0.309 e. The number of cyclic esters (lactones) is 1. The molecule has 0 aliphatic carbocycles. The summed E-state index contributed by atoms with van der Waals surface area (Å²) in [7, 11) is 0. The van der Waals surface area contributed by atoms with E-state index in [0.717, 1.165) is 30.4 Å². The average molecular weight is 508 g/mol. The monoisotopic (exact) mass is 507 g/mol. The molecule has 0 radical (unpaired) electrons. The Hall–Kier alpha value is -1.87. The van der Waals surface area contributed by atoms with Crippen LogP contribution in [0.3, 0.4) is 0 Å². The summed E-state index contributed by atoms with van der Waals surface area (Å²) in [4.78, 5) is 30.4. The molecule has 2 rings (SSSR count). The number of thiazole rings is 1. The molecule has 0 spiro atoms. The molecule has 0 aromatic carbocycles. The van der Waals surface area contributed by atoms with Gasteiger partial charge in [0.15, 0.2) is 0 Å². The second-order valence-corrected chi connectivity index (χ2v) is 11.4. The van der Waals surface area contributed by atoms with Gasteiger partial charge in [-0.3, -0.25) is 9.59 Å². The number of carbonyl (C=O) groups is 2. The van der Waals surface area contributed by atoms with E-state index in [1.54, 1.807) is 20.8 Å². The summed E-state index contributed by atoms with van der Waals surface area (Å²) in [5, 5.41) is 33.3. The molecule has 8 heteroatoms. The van der Waals surface area contributed by atoms with Gasteiger partial charge in [-0.1, -0.05) is 39.3 Å². The molecular formula is C27H41NO6S. The van der Waals surface area contributed by atoms with Gasteiger partial charge in [-0.2, -0.15) is 0 Å². The number of nitrogens with zero attached hydrogens (tertiary/aromatic N) is 1. The number of ether oxygens (including phenoxy) is 1. The van der Waals surface area contributed by atoms with Crippen LogP contribution in [0.4, 0.5) is 0 Å². The first-order valence-corrected chi connectivity index (χ1v) is 13.2. The normalized spacial score (nSPS) is 30.0. The van der Waals surface area contributed by atoms with E-state index in [1.165, 1.54) is 11.3 Å². The molecule has 5 atom stereocenters. The van der Waals surface area contributed by atoms with Crippen LogP contribution in [0.1, 0.15) is 84.3 Å². The number of aromatic nitrogens is 1. The zero-order valence-electron chi connectivity index (χ0n) is 21.8. The van der Waals surface area contributed by atoms with E-state index in [9.17, 15) is 24.9 Å². The van der Waals surface area contributed by atoms with E-state index < -0.39 is 35.6 Å². The van der Waals surface area contributed by atoms with Gasteiger partial charge in [0, 0.05) is 17.7 Å².